The average Bonchev–Trinajstić information content (AvgIpc) is 3.16. The van der Waals surface area contributed by atoms with E-state index in [4.69, 9.17) is 0 Å². The number of piperazine rings is 1. The second-order valence-corrected chi connectivity index (χ2v) is 8.73. The van der Waals surface area contributed by atoms with E-state index in [0.717, 1.165) is 48.7 Å². The summed E-state index contributed by atoms with van der Waals surface area (Å²) in [7, 11) is 1.86. The largest absolute Gasteiger partial charge is 0.353 e. The van der Waals surface area contributed by atoms with Crippen molar-refractivity contribution in [3.8, 4) is 0 Å². The molecule has 1 saturated heterocycles. The molecule has 10 nitrogen and oxygen atoms in total. The molecular formula is C22H26N8O2. The van der Waals surface area contributed by atoms with Crippen LogP contribution in [0.2, 0.25) is 0 Å². The molecule has 5 rings (SSSR count). The third-order valence-corrected chi connectivity index (χ3v) is 6.30. The van der Waals surface area contributed by atoms with Crippen molar-refractivity contribution in [1.29, 1.82) is 0 Å². The van der Waals surface area contributed by atoms with Crippen LogP contribution in [0.5, 0.6) is 0 Å². The lowest BCUT2D eigenvalue weighted by molar-refractivity contribution is -0.127. The van der Waals surface area contributed by atoms with Crippen molar-refractivity contribution in [1.82, 2.24) is 24.6 Å². The van der Waals surface area contributed by atoms with E-state index in [-0.39, 0.29) is 18.4 Å². The zero-order valence-corrected chi connectivity index (χ0v) is 18.4. The van der Waals surface area contributed by atoms with Crippen molar-refractivity contribution < 1.29 is 9.59 Å². The number of hydrogen-bond donors (Lipinski definition) is 1. The first-order valence-corrected chi connectivity index (χ1v) is 10.7. The van der Waals surface area contributed by atoms with E-state index in [1.54, 1.807) is 36.0 Å². The van der Waals surface area contributed by atoms with Gasteiger partial charge in [-0.3, -0.25) is 24.1 Å². The molecule has 0 spiro atoms. The highest BCUT2D eigenvalue weighted by Crippen LogP contribution is 2.36. The monoisotopic (exact) mass is 434 g/mol. The van der Waals surface area contributed by atoms with E-state index in [9.17, 15) is 9.59 Å². The first-order chi connectivity index (χ1) is 15.4. The fourth-order valence-corrected chi connectivity index (χ4v) is 4.48. The van der Waals surface area contributed by atoms with Crippen molar-refractivity contribution in [2.45, 2.75) is 19.4 Å². The highest BCUT2D eigenvalue weighted by atomic mass is 16.2. The van der Waals surface area contributed by atoms with Gasteiger partial charge in [0.1, 0.15) is 17.7 Å². The van der Waals surface area contributed by atoms with E-state index in [1.807, 2.05) is 31.3 Å². The van der Waals surface area contributed by atoms with Gasteiger partial charge in [-0.25, -0.2) is 9.97 Å². The van der Waals surface area contributed by atoms with E-state index < -0.39 is 5.54 Å². The first-order valence-electron chi connectivity index (χ1n) is 10.7. The standard InChI is InChI=1S/C22H26N8O2/c1-22(2)21(32)26-16-6-4-5-7-17(16)30(22)18(31)13-28-8-10-29(11-9-28)20-15-12-25-27(3)19(15)23-14-24-20/h4-7,12,14H,8-11,13H2,1-3H3,(H,26,32). The number of carbonyl (C=O) groups excluding carboxylic acids is 2. The molecule has 3 aromatic rings. The lowest BCUT2D eigenvalue weighted by Crippen LogP contribution is -2.61. The molecule has 1 N–H and O–H groups in total. The van der Waals surface area contributed by atoms with Crippen LogP contribution in [-0.2, 0) is 16.6 Å². The molecule has 1 aromatic carbocycles. The molecule has 0 unspecified atom stereocenters. The molecule has 32 heavy (non-hydrogen) atoms. The summed E-state index contributed by atoms with van der Waals surface area (Å²) >= 11 is 0. The molecule has 2 aliphatic heterocycles. The van der Waals surface area contributed by atoms with Gasteiger partial charge in [0.2, 0.25) is 11.8 Å². The summed E-state index contributed by atoms with van der Waals surface area (Å²) in [6.07, 6.45) is 3.36. The van der Waals surface area contributed by atoms with Gasteiger partial charge in [0.25, 0.3) is 0 Å². The Bertz CT molecular complexity index is 1200. The van der Waals surface area contributed by atoms with E-state index in [1.165, 1.54) is 0 Å². The molecule has 2 amide bonds. The van der Waals surface area contributed by atoms with E-state index >= 15 is 0 Å². The Morgan fingerprint density at radius 3 is 2.66 bits per heavy atom. The fraction of sp³-hybridized carbons (Fsp3) is 0.409. The lowest BCUT2D eigenvalue weighted by Gasteiger charge is -2.43. The van der Waals surface area contributed by atoms with Crippen LogP contribution < -0.4 is 15.1 Å². The number of rotatable bonds is 3. The van der Waals surface area contributed by atoms with Crippen LogP contribution in [0.15, 0.2) is 36.8 Å². The number of amides is 2. The summed E-state index contributed by atoms with van der Waals surface area (Å²) in [4.78, 5) is 40.8. The number of nitrogens with one attached hydrogen (secondary N) is 1. The van der Waals surface area contributed by atoms with Gasteiger partial charge < -0.3 is 10.2 Å². The van der Waals surface area contributed by atoms with Crippen LogP contribution in [0.3, 0.4) is 0 Å². The smallest absolute Gasteiger partial charge is 0.250 e. The van der Waals surface area contributed by atoms with Gasteiger partial charge in [-0.1, -0.05) is 12.1 Å². The summed E-state index contributed by atoms with van der Waals surface area (Å²) in [6, 6.07) is 7.43. The minimum atomic E-state index is -0.958. The maximum atomic E-state index is 13.4. The number of fused-ring (bicyclic) bond motifs is 2. The highest BCUT2D eigenvalue weighted by Gasteiger charge is 2.43. The number of nitrogens with zero attached hydrogens (tertiary/aromatic N) is 7. The van der Waals surface area contributed by atoms with Crippen LogP contribution in [0, 0.1) is 0 Å². The molecular weight excluding hydrogens is 408 g/mol. The molecule has 0 aliphatic carbocycles. The molecule has 2 aromatic heterocycles. The summed E-state index contributed by atoms with van der Waals surface area (Å²) in [5.74, 6) is 0.609. The van der Waals surface area contributed by atoms with Crippen molar-refractivity contribution in [2.75, 3.05) is 47.8 Å². The van der Waals surface area contributed by atoms with Crippen LogP contribution in [0.4, 0.5) is 17.2 Å². The number of carbonyl (C=O) groups is 2. The second-order valence-electron chi connectivity index (χ2n) is 8.73. The summed E-state index contributed by atoms with van der Waals surface area (Å²) in [5, 5.41) is 8.12. The molecule has 166 valence electrons. The van der Waals surface area contributed by atoms with Crippen LogP contribution in [-0.4, -0.2) is 74.7 Å². The predicted octanol–water partition coefficient (Wildman–Crippen LogP) is 1.25. The van der Waals surface area contributed by atoms with Gasteiger partial charge in [-0.05, 0) is 26.0 Å². The van der Waals surface area contributed by atoms with E-state index in [0.29, 0.717) is 5.69 Å². The predicted molar refractivity (Wildman–Crippen MR) is 122 cm³/mol. The first kappa shape index (κ1) is 20.4. The average molecular weight is 435 g/mol. The van der Waals surface area contributed by atoms with Crippen molar-refractivity contribution in [2.24, 2.45) is 7.05 Å². The fourth-order valence-electron chi connectivity index (χ4n) is 4.48. The molecule has 0 radical (unpaired) electrons. The number of aromatic nitrogens is 4. The quantitative estimate of drug-likeness (QED) is 0.662. The van der Waals surface area contributed by atoms with Gasteiger partial charge in [0.15, 0.2) is 5.65 Å². The highest BCUT2D eigenvalue weighted by molar-refractivity contribution is 6.14. The van der Waals surface area contributed by atoms with Crippen LogP contribution >= 0.6 is 0 Å². The maximum Gasteiger partial charge on any atom is 0.250 e. The van der Waals surface area contributed by atoms with Gasteiger partial charge in [0.05, 0.1) is 29.5 Å². The topological polar surface area (TPSA) is 99.5 Å². The zero-order chi connectivity index (χ0) is 22.5. The number of para-hydroxylation sites is 2. The van der Waals surface area contributed by atoms with Crippen molar-refractivity contribution >= 4 is 40.0 Å². The Hall–Kier alpha value is -3.53. The lowest BCUT2D eigenvalue weighted by atomic mass is 9.96. The normalized spacial score (nSPS) is 18.5. The molecule has 1 fully saturated rings. The van der Waals surface area contributed by atoms with Crippen molar-refractivity contribution in [3.63, 3.8) is 0 Å². The number of anilines is 3. The Balaban J connectivity index is 1.30. The zero-order valence-electron chi connectivity index (χ0n) is 18.4. The second kappa shape index (κ2) is 7.56. The molecule has 10 heteroatoms. The Morgan fingerprint density at radius 2 is 1.88 bits per heavy atom. The summed E-state index contributed by atoms with van der Waals surface area (Å²) in [6.45, 7) is 6.75. The molecule has 0 bridgehead atoms. The summed E-state index contributed by atoms with van der Waals surface area (Å²) in [5.41, 5.74) is 1.25. The number of benzene rings is 1. The van der Waals surface area contributed by atoms with Gasteiger partial charge in [-0.15, -0.1) is 0 Å². The molecule has 2 aliphatic rings. The molecule has 0 atom stereocenters. The third-order valence-electron chi connectivity index (χ3n) is 6.30. The van der Waals surface area contributed by atoms with Crippen LogP contribution in [0.1, 0.15) is 13.8 Å². The van der Waals surface area contributed by atoms with Gasteiger partial charge in [0, 0.05) is 33.2 Å². The number of hydrogen-bond acceptors (Lipinski definition) is 7. The minimum Gasteiger partial charge on any atom is -0.353 e. The van der Waals surface area contributed by atoms with Gasteiger partial charge >= 0.3 is 0 Å². The molecule has 0 saturated carbocycles. The Morgan fingerprint density at radius 1 is 1.12 bits per heavy atom. The molecule has 4 heterocycles. The maximum absolute atomic E-state index is 13.4. The third kappa shape index (κ3) is 3.27. The Labute approximate surface area is 185 Å². The summed E-state index contributed by atoms with van der Waals surface area (Å²) < 4.78 is 1.74. The van der Waals surface area contributed by atoms with Crippen molar-refractivity contribution in [3.05, 3.63) is 36.8 Å². The minimum absolute atomic E-state index is 0.0811. The SMILES string of the molecule is Cn1ncc2c(N3CCN(CC(=O)N4c5ccccc5NC(=O)C4(C)C)CC3)ncnc21. The van der Waals surface area contributed by atoms with E-state index in [2.05, 4.69) is 30.2 Å². The van der Waals surface area contributed by atoms with Gasteiger partial charge in [-0.2, -0.15) is 5.10 Å². The Kier molecular flexibility index (Phi) is 4.81. The number of aryl methyl sites for hydroxylation is 1. The van der Waals surface area contributed by atoms with Crippen LogP contribution in [0.25, 0.3) is 11.0 Å².